The number of hydrogen-bond acceptors (Lipinski definition) is 4. The average Bonchev–Trinajstić information content (AvgIpc) is 2.66. The summed E-state index contributed by atoms with van der Waals surface area (Å²) in [6.45, 7) is 4.42. The topological polar surface area (TPSA) is 92.5 Å². The summed E-state index contributed by atoms with van der Waals surface area (Å²) in [6, 6.07) is 12.2. The highest BCUT2D eigenvalue weighted by Gasteiger charge is 2.39. The van der Waals surface area contributed by atoms with E-state index in [9.17, 15) is 13.2 Å². The van der Waals surface area contributed by atoms with Crippen molar-refractivity contribution in [3.8, 4) is 0 Å². The molecule has 0 saturated carbocycles. The number of amides is 1. The van der Waals surface area contributed by atoms with Crippen molar-refractivity contribution in [3.63, 3.8) is 0 Å². The van der Waals surface area contributed by atoms with Crippen LogP contribution in [-0.2, 0) is 27.8 Å². The summed E-state index contributed by atoms with van der Waals surface area (Å²) in [5.41, 5.74) is 8.94. The molecule has 3 rings (SSSR count). The molecule has 6 nitrogen and oxygen atoms in total. The number of benzene rings is 2. The summed E-state index contributed by atoms with van der Waals surface area (Å²) in [7, 11) is -3.84. The largest absolute Gasteiger partial charge is 0.353 e. The molecule has 0 spiro atoms. The first-order chi connectivity index (χ1) is 12.8. The van der Waals surface area contributed by atoms with E-state index in [1.54, 1.807) is 19.1 Å². The Kier molecular flexibility index (Phi) is 5.64. The molecule has 1 atom stereocenters. The molecule has 0 saturated heterocycles. The van der Waals surface area contributed by atoms with Crippen molar-refractivity contribution in [3.05, 3.63) is 64.7 Å². The van der Waals surface area contributed by atoms with Crippen LogP contribution < -0.4 is 11.1 Å². The average molecular weight is 388 g/mol. The molecule has 0 fully saturated rings. The highest BCUT2D eigenvalue weighted by Crippen LogP contribution is 2.30. The Balaban J connectivity index is 2.06. The van der Waals surface area contributed by atoms with E-state index in [2.05, 4.69) is 5.32 Å². The van der Waals surface area contributed by atoms with E-state index >= 15 is 0 Å². The van der Waals surface area contributed by atoms with Crippen molar-refractivity contribution in [2.75, 3.05) is 13.1 Å². The van der Waals surface area contributed by atoms with Gasteiger partial charge in [0.15, 0.2) is 0 Å². The van der Waals surface area contributed by atoms with Gasteiger partial charge >= 0.3 is 0 Å². The molecule has 1 unspecified atom stereocenters. The predicted octanol–water partition coefficient (Wildman–Crippen LogP) is 1.49. The van der Waals surface area contributed by atoms with Crippen LogP contribution in [0.4, 0.5) is 0 Å². The van der Waals surface area contributed by atoms with Gasteiger partial charge in [-0.2, -0.15) is 4.31 Å². The van der Waals surface area contributed by atoms with Crippen molar-refractivity contribution in [2.45, 2.75) is 37.8 Å². The van der Waals surface area contributed by atoms with E-state index in [1.165, 1.54) is 4.31 Å². The minimum Gasteiger partial charge on any atom is -0.353 e. The van der Waals surface area contributed by atoms with Crippen LogP contribution >= 0.6 is 0 Å². The zero-order valence-electron chi connectivity index (χ0n) is 15.6. The Morgan fingerprint density at radius 1 is 1.19 bits per heavy atom. The maximum Gasteiger partial charge on any atom is 0.244 e. The number of aryl methyl sites for hydroxylation is 2. The highest BCUT2D eigenvalue weighted by atomic mass is 32.2. The van der Waals surface area contributed by atoms with Gasteiger partial charge < -0.3 is 11.1 Å². The molecule has 1 aliphatic rings. The molecule has 7 heteroatoms. The maximum absolute atomic E-state index is 13.5. The van der Waals surface area contributed by atoms with E-state index in [0.717, 1.165) is 16.7 Å². The second-order valence-corrected chi connectivity index (χ2v) is 8.75. The molecule has 1 aliphatic heterocycles. The van der Waals surface area contributed by atoms with Gasteiger partial charge in [0.2, 0.25) is 15.9 Å². The van der Waals surface area contributed by atoms with Gasteiger partial charge in [-0.15, -0.1) is 0 Å². The molecule has 0 aliphatic carbocycles. The summed E-state index contributed by atoms with van der Waals surface area (Å²) >= 11 is 0. The van der Waals surface area contributed by atoms with Crippen LogP contribution in [-0.4, -0.2) is 37.8 Å². The number of nitrogens with one attached hydrogen (secondary N) is 1. The number of hydrogen-bond donors (Lipinski definition) is 2. The van der Waals surface area contributed by atoms with Crippen LogP contribution in [0.1, 0.15) is 22.3 Å². The van der Waals surface area contributed by atoms with Crippen molar-refractivity contribution in [1.29, 1.82) is 0 Å². The fraction of sp³-hybridized carbons (Fsp3) is 0.350. The Bertz CT molecular complexity index is 957. The molecule has 144 valence electrons. The summed E-state index contributed by atoms with van der Waals surface area (Å²) in [5, 5.41) is 2.74. The van der Waals surface area contributed by atoms with E-state index in [-0.39, 0.29) is 17.3 Å². The van der Waals surface area contributed by atoms with Crippen LogP contribution in [0.2, 0.25) is 0 Å². The van der Waals surface area contributed by atoms with E-state index < -0.39 is 16.1 Å². The molecule has 2 aromatic rings. The van der Waals surface area contributed by atoms with Gasteiger partial charge in [0.05, 0.1) is 4.90 Å². The normalized spacial score (nSPS) is 17.4. The lowest BCUT2D eigenvalue weighted by atomic mass is 9.95. The monoisotopic (exact) mass is 387 g/mol. The van der Waals surface area contributed by atoms with Gasteiger partial charge in [-0.3, -0.25) is 4.79 Å². The van der Waals surface area contributed by atoms with Gasteiger partial charge in [-0.05, 0) is 48.6 Å². The van der Waals surface area contributed by atoms with Gasteiger partial charge in [-0.1, -0.05) is 36.4 Å². The third-order valence-corrected chi connectivity index (χ3v) is 6.88. The van der Waals surface area contributed by atoms with Crippen LogP contribution in [0.25, 0.3) is 0 Å². The molecule has 1 amide bonds. The third kappa shape index (κ3) is 3.90. The number of carbonyl (C=O) groups is 1. The van der Waals surface area contributed by atoms with Crippen LogP contribution in [0.15, 0.2) is 47.4 Å². The van der Waals surface area contributed by atoms with E-state index in [0.29, 0.717) is 25.1 Å². The molecular weight excluding hydrogens is 362 g/mol. The summed E-state index contributed by atoms with van der Waals surface area (Å²) in [5.74, 6) is -0.316. The number of nitrogens with zero attached hydrogens (tertiary/aromatic N) is 1. The standard InChI is InChI=1S/C20H25N3O3S/c1-14-7-8-15(2)19(11-14)27(25,26)23-13-17-6-4-3-5-16(17)12-18(23)20(24)22-10-9-21/h3-8,11,18H,9-10,12-13,21H2,1-2H3,(H,22,24). The number of nitrogens with two attached hydrogens (primary N) is 1. The fourth-order valence-electron chi connectivity index (χ4n) is 3.40. The Labute approximate surface area is 160 Å². The van der Waals surface area contributed by atoms with Gasteiger partial charge in [0.25, 0.3) is 0 Å². The smallest absolute Gasteiger partial charge is 0.244 e. The second-order valence-electron chi connectivity index (χ2n) is 6.89. The SMILES string of the molecule is Cc1ccc(C)c(S(=O)(=O)N2Cc3ccccc3CC2C(=O)NCCN)c1. The summed E-state index contributed by atoms with van der Waals surface area (Å²) in [6.07, 6.45) is 0.344. The minimum atomic E-state index is -3.84. The van der Waals surface area contributed by atoms with E-state index in [4.69, 9.17) is 5.73 Å². The first-order valence-corrected chi connectivity index (χ1v) is 10.4. The lowest BCUT2D eigenvalue weighted by Crippen LogP contribution is -2.53. The van der Waals surface area contributed by atoms with Crippen LogP contribution in [0.5, 0.6) is 0 Å². The van der Waals surface area contributed by atoms with Crippen molar-refractivity contribution >= 4 is 15.9 Å². The fourth-order valence-corrected chi connectivity index (χ4v) is 5.28. The van der Waals surface area contributed by atoms with E-state index in [1.807, 2.05) is 37.3 Å². The Morgan fingerprint density at radius 3 is 2.59 bits per heavy atom. The van der Waals surface area contributed by atoms with Crippen molar-refractivity contribution < 1.29 is 13.2 Å². The first-order valence-electron chi connectivity index (χ1n) is 8.98. The summed E-state index contributed by atoms with van der Waals surface area (Å²) < 4.78 is 28.3. The number of fused-ring (bicyclic) bond motifs is 1. The van der Waals surface area contributed by atoms with Crippen molar-refractivity contribution in [2.24, 2.45) is 5.73 Å². The molecule has 1 heterocycles. The molecule has 3 N–H and O–H groups in total. The number of carbonyl (C=O) groups excluding carboxylic acids is 1. The maximum atomic E-state index is 13.5. The lowest BCUT2D eigenvalue weighted by molar-refractivity contribution is -0.125. The van der Waals surface area contributed by atoms with Gasteiger partial charge in [0, 0.05) is 19.6 Å². The van der Waals surface area contributed by atoms with Crippen LogP contribution in [0.3, 0.4) is 0 Å². The molecular formula is C20H25N3O3S. The predicted molar refractivity (Wildman–Crippen MR) is 105 cm³/mol. The Morgan fingerprint density at radius 2 is 1.89 bits per heavy atom. The van der Waals surface area contributed by atoms with Crippen molar-refractivity contribution in [1.82, 2.24) is 9.62 Å². The minimum absolute atomic E-state index is 0.173. The number of sulfonamides is 1. The molecule has 27 heavy (non-hydrogen) atoms. The lowest BCUT2D eigenvalue weighted by Gasteiger charge is -2.35. The quantitative estimate of drug-likeness (QED) is 0.813. The Hall–Kier alpha value is -2.22. The molecule has 0 aromatic heterocycles. The van der Waals surface area contributed by atoms with Gasteiger partial charge in [0.1, 0.15) is 6.04 Å². The molecule has 0 radical (unpaired) electrons. The van der Waals surface area contributed by atoms with Crippen LogP contribution in [0, 0.1) is 13.8 Å². The third-order valence-electron chi connectivity index (χ3n) is 4.88. The zero-order chi connectivity index (χ0) is 19.6. The molecule has 2 aromatic carbocycles. The number of rotatable bonds is 5. The highest BCUT2D eigenvalue weighted by molar-refractivity contribution is 7.89. The zero-order valence-corrected chi connectivity index (χ0v) is 16.4. The summed E-state index contributed by atoms with van der Waals surface area (Å²) in [4.78, 5) is 13.0. The second kappa shape index (κ2) is 7.80. The first kappa shape index (κ1) is 19.5. The van der Waals surface area contributed by atoms with Gasteiger partial charge in [-0.25, -0.2) is 8.42 Å². The molecule has 0 bridgehead atoms.